The molecule has 0 N–H and O–H groups in total. The Morgan fingerprint density at radius 2 is 0.686 bits per heavy atom. The fourth-order valence-corrected chi connectivity index (χ4v) is 7.49. The first-order valence-corrected chi connectivity index (χ1v) is 18.1. The Morgan fingerprint density at radius 1 is 0.486 bits per heavy atom. The Kier molecular flexibility index (Phi) is 15.9. The van der Waals surface area contributed by atoms with E-state index in [9.17, 15) is 0 Å². The maximum absolute atomic E-state index is 4.81. The SMILES string of the molecule is C=CCP(c1ccccc1)c1ccccc1.C=CCP(c1ccccc1)c1ccccc1.[Cl][Pd][Cl]. The first kappa shape index (κ1) is 29.7. The zero-order valence-electron chi connectivity index (χ0n) is 19.5. The van der Waals surface area contributed by atoms with Crippen LogP contribution >= 0.6 is 34.9 Å². The molecule has 4 aromatic rings. The molecule has 0 aliphatic heterocycles. The zero-order valence-corrected chi connectivity index (χ0v) is 24.4. The summed E-state index contributed by atoms with van der Waals surface area (Å²) in [5.41, 5.74) is 0. The van der Waals surface area contributed by atoms with Crippen LogP contribution in [0.4, 0.5) is 0 Å². The van der Waals surface area contributed by atoms with E-state index in [1.54, 1.807) is 0 Å². The molecule has 0 unspecified atom stereocenters. The second kappa shape index (κ2) is 18.7. The molecule has 0 saturated heterocycles. The summed E-state index contributed by atoms with van der Waals surface area (Å²) < 4.78 is 0. The Labute approximate surface area is 229 Å². The van der Waals surface area contributed by atoms with Crippen LogP contribution in [0.15, 0.2) is 147 Å². The van der Waals surface area contributed by atoms with E-state index in [0.29, 0.717) is 0 Å². The molecular weight excluding hydrogens is 600 g/mol. The van der Waals surface area contributed by atoms with Gasteiger partial charge in [0.1, 0.15) is 0 Å². The number of rotatable bonds is 8. The molecule has 0 atom stereocenters. The van der Waals surface area contributed by atoms with Crippen molar-refractivity contribution in [3.8, 4) is 0 Å². The third kappa shape index (κ3) is 10.9. The van der Waals surface area contributed by atoms with Gasteiger partial charge in [-0.1, -0.05) is 133 Å². The van der Waals surface area contributed by atoms with Crippen molar-refractivity contribution in [2.75, 3.05) is 12.3 Å². The monoisotopic (exact) mass is 628 g/mol. The second-order valence-corrected chi connectivity index (χ2v) is 14.1. The van der Waals surface area contributed by atoms with Gasteiger partial charge in [0.05, 0.1) is 0 Å². The van der Waals surface area contributed by atoms with Crippen molar-refractivity contribution in [2.45, 2.75) is 0 Å². The Hall–Kier alpha value is -1.54. The standard InChI is InChI=1S/2C15H15P.2ClH.Pd/c2*1-2-13-16(14-9-5-3-6-10-14)15-11-7-4-8-12-15;;;/h2*2-12H,1,13H2;2*1H;/q;;;;+2/p-2. The van der Waals surface area contributed by atoms with Gasteiger partial charge in [-0.05, 0) is 49.4 Å². The predicted octanol–water partition coefficient (Wildman–Crippen LogP) is 7.99. The number of halogens is 2. The van der Waals surface area contributed by atoms with E-state index in [4.69, 9.17) is 19.1 Å². The van der Waals surface area contributed by atoms with Gasteiger partial charge in [0, 0.05) is 0 Å². The normalized spacial score (nSPS) is 10.1. The first-order valence-electron chi connectivity index (χ1n) is 11.0. The van der Waals surface area contributed by atoms with E-state index in [1.807, 2.05) is 12.2 Å². The second-order valence-electron chi connectivity index (χ2n) is 7.19. The summed E-state index contributed by atoms with van der Waals surface area (Å²) in [4.78, 5) is 0. The molecule has 0 radical (unpaired) electrons. The van der Waals surface area contributed by atoms with Gasteiger partial charge in [-0.15, -0.1) is 13.2 Å². The average molecular weight is 630 g/mol. The van der Waals surface area contributed by atoms with Gasteiger partial charge in [-0.2, -0.15) is 0 Å². The van der Waals surface area contributed by atoms with Gasteiger partial charge in [0.15, 0.2) is 0 Å². The number of hydrogen-bond acceptors (Lipinski definition) is 0. The van der Waals surface area contributed by atoms with Crippen LogP contribution in [0.3, 0.4) is 0 Å². The Balaban J connectivity index is 0.000000222. The fourth-order valence-electron chi connectivity index (χ4n) is 3.41. The van der Waals surface area contributed by atoms with E-state index < -0.39 is 0 Å². The van der Waals surface area contributed by atoms with E-state index in [-0.39, 0.29) is 31.8 Å². The van der Waals surface area contributed by atoms with Gasteiger partial charge in [0.25, 0.3) is 0 Å². The molecule has 4 aromatic carbocycles. The summed E-state index contributed by atoms with van der Waals surface area (Å²) >= 11 is -0.106. The van der Waals surface area contributed by atoms with Crippen LogP contribution in [0.2, 0.25) is 0 Å². The Bertz CT molecular complexity index is 910. The van der Waals surface area contributed by atoms with Crippen molar-refractivity contribution in [1.29, 1.82) is 0 Å². The molecule has 35 heavy (non-hydrogen) atoms. The first-order chi connectivity index (χ1) is 17.2. The van der Waals surface area contributed by atoms with Crippen LogP contribution in [-0.2, 0) is 15.9 Å². The van der Waals surface area contributed by atoms with Gasteiger partial charge in [0.2, 0.25) is 0 Å². The zero-order chi connectivity index (χ0) is 25.1. The molecule has 0 heterocycles. The van der Waals surface area contributed by atoms with Crippen molar-refractivity contribution < 1.29 is 15.9 Å². The Morgan fingerprint density at radius 3 is 0.857 bits per heavy atom. The van der Waals surface area contributed by atoms with Crippen LogP contribution in [-0.4, -0.2) is 12.3 Å². The van der Waals surface area contributed by atoms with Crippen LogP contribution < -0.4 is 21.2 Å². The van der Waals surface area contributed by atoms with E-state index in [2.05, 4.69) is 134 Å². The summed E-state index contributed by atoms with van der Waals surface area (Å²) in [6.45, 7) is 7.74. The molecule has 184 valence electrons. The van der Waals surface area contributed by atoms with E-state index >= 15 is 0 Å². The molecule has 0 aliphatic carbocycles. The molecule has 4 rings (SSSR count). The summed E-state index contributed by atoms with van der Waals surface area (Å²) in [6, 6.07) is 42.8. The van der Waals surface area contributed by atoms with Crippen molar-refractivity contribution in [2.24, 2.45) is 0 Å². The summed E-state index contributed by atoms with van der Waals surface area (Å²) in [6.07, 6.45) is 6.13. The molecule has 0 bridgehead atoms. The van der Waals surface area contributed by atoms with Crippen molar-refractivity contribution in [3.63, 3.8) is 0 Å². The maximum atomic E-state index is 4.81. The van der Waals surface area contributed by atoms with Crippen molar-refractivity contribution >= 4 is 56.1 Å². The van der Waals surface area contributed by atoms with E-state index in [0.717, 1.165) is 12.3 Å². The number of benzene rings is 4. The molecule has 0 saturated carbocycles. The van der Waals surface area contributed by atoms with Crippen LogP contribution in [0.1, 0.15) is 0 Å². The molecular formula is C30H30Cl2P2Pd. The number of allylic oxidation sites excluding steroid dienone is 2. The predicted molar refractivity (Wildman–Crippen MR) is 160 cm³/mol. The van der Waals surface area contributed by atoms with Crippen LogP contribution in [0.5, 0.6) is 0 Å². The molecule has 5 heteroatoms. The fraction of sp³-hybridized carbons (Fsp3) is 0.0667. The quantitative estimate of drug-likeness (QED) is 0.105. The van der Waals surface area contributed by atoms with Crippen molar-refractivity contribution in [3.05, 3.63) is 147 Å². The summed E-state index contributed by atoms with van der Waals surface area (Å²) in [5.74, 6) is 0. The van der Waals surface area contributed by atoms with Gasteiger partial charge < -0.3 is 0 Å². The molecule has 0 amide bonds. The van der Waals surface area contributed by atoms with Crippen LogP contribution in [0, 0.1) is 0 Å². The van der Waals surface area contributed by atoms with Gasteiger partial charge >= 0.3 is 35.0 Å². The molecule has 0 nitrogen and oxygen atoms in total. The molecule has 0 aliphatic rings. The number of hydrogen-bond donors (Lipinski definition) is 0. The molecule has 0 spiro atoms. The molecule has 0 aromatic heterocycles. The van der Waals surface area contributed by atoms with Crippen LogP contribution in [0.25, 0.3) is 0 Å². The van der Waals surface area contributed by atoms with Gasteiger partial charge in [-0.25, -0.2) is 0 Å². The average Bonchev–Trinajstić information content (AvgIpc) is 2.93. The minimum absolute atomic E-state index is 0.106. The van der Waals surface area contributed by atoms with Crippen molar-refractivity contribution in [1.82, 2.24) is 0 Å². The topological polar surface area (TPSA) is 0 Å². The third-order valence-corrected chi connectivity index (χ3v) is 9.83. The minimum atomic E-state index is -0.269. The summed E-state index contributed by atoms with van der Waals surface area (Å²) in [5, 5.41) is 5.68. The molecule has 0 fully saturated rings. The third-order valence-electron chi connectivity index (χ3n) is 4.89. The van der Waals surface area contributed by atoms with E-state index in [1.165, 1.54) is 21.2 Å². The van der Waals surface area contributed by atoms with Gasteiger partial charge in [-0.3, -0.25) is 0 Å². The summed E-state index contributed by atoms with van der Waals surface area (Å²) in [7, 11) is 9.09.